The molecule has 2 amide bonds. The van der Waals surface area contributed by atoms with Crippen LogP contribution in [-0.2, 0) is 19.1 Å². The minimum absolute atomic E-state index is 0.0292. The first kappa shape index (κ1) is 52.2. The second kappa shape index (κ2) is 31.3. The third-order valence-corrected chi connectivity index (χ3v) is 7.77. The van der Waals surface area contributed by atoms with Crippen LogP contribution in [0.3, 0.4) is 0 Å². The van der Waals surface area contributed by atoms with Crippen molar-refractivity contribution in [3.8, 4) is 11.8 Å². The number of carbonyl (C=O) groups is 3. The number of benzene rings is 1. The molecular weight excluding hydrogens is 760 g/mol. The van der Waals surface area contributed by atoms with E-state index in [1.807, 2.05) is 13.8 Å². The minimum atomic E-state index is -0.549. The average Bonchev–Trinajstić information content (AvgIpc) is 3.22. The van der Waals surface area contributed by atoms with Crippen LogP contribution < -0.4 is 21.7 Å². The van der Waals surface area contributed by atoms with Crippen molar-refractivity contribution in [2.45, 2.75) is 40.0 Å². The number of unbranched alkanes of at least 4 members (excludes halogenated alkanes) is 2. The van der Waals surface area contributed by atoms with E-state index in [2.05, 4.69) is 69.4 Å². The van der Waals surface area contributed by atoms with Gasteiger partial charge in [0.25, 0.3) is 5.91 Å². The number of halogens is 1. The number of nitrogens with two attached hydrogens (primary N) is 1. The predicted octanol–water partition coefficient (Wildman–Crippen LogP) is 6.60. The molecule has 0 atom stereocenters. The van der Waals surface area contributed by atoms with Gasteiger partial charge in [0.15, 0.2) is 0 Å². The molecule has 0 aliphatic rings. The van der Waals surface area contributed by atoms with Gasteiger partial charge < -0.3 is 46.0 Å². The highest BCUT2D eigenvalue weighted by Crippen LogP contribution is 2.24. The van der Waals surface area contributed by atoms with Gasteiger partial charge in [-0.1, -0.05) is 81.3 Å². The number of anilines is 3. The Morgan fingerprint density at radius 2 is 1.78 bits per heavy atom. The Morgan fingerprint density at radius 1 is 1.10 bits per heavy atom. The summed E-state index contributed by atoms with van der Waals surface area (Å²) in [5.74, 6) is 4.83. The molecule has 2 aromatic rings. The van der Waals surface area contributed by atoms with Gasteiger partial charge in [0, 0.05) is 62.9 Å². The first-order valence-electron chi connectivity index (χ1n) is 18.5. The zero-order chi connectivity index (χ0) is 43.9. The lowest BCUT2D eigenvalue weighted by Gasteiger charge is -2.16. The molecule has 0 bridgehead atoms. The van der Waals surface area contributed by atoms with Crippen LogP contribution in [0.15, 0.2) is 96.6 Å². The number of rotatable bonds is 22. The fraction of sp³-hybridized carbons (Fsp3) is 0.349. The molecule has 0 saturated heterocycles. The molecule has 2 rings (SSSR count). The number of amides is 2. The lowest BCUT2D eigenvalue weighted by Crippen LogP contribution is -2.29. The molecule has 14 nitrogen and oxygen atoms in total. The lowest BCUT2D eigenvalue weighted by molar-refractivity contribution is -0.114. The molecule has 0 radical (unpaired) electrons. The third kappa shape index (κ3) is 19.8. The van der Waals surface area contributed by atoms with E-state index in [1.54, 1.807) is 45.4 Å². The molecule has 1 heterocycles. The standard InChI is InChI=1S/C34H36ClN7O4.C7H17NO2.C2H6/c1-5-13-25(22(4)35)19-39-34(46)29-24(14-10-8-9-11-17-43)15-12-16-27(29)42-28(45)20-38-33-30(32(37)40-21-41-33)31(36)23(6-2)18-26(44)7-3;1-8(4-6-9-2)5-7-10-3;1-2/h5-7,12-13,15-18,21,36,44H,1-2,4,8-9,11,19-20H2,3H3,(H,39,46)(H,42,45)(H3,37,38,40,41);4-7H2,1-3H3;1-2H3/b23-18+,25-13-,26-7+,36-31?;;. The summed E-state index contributed by atoms with van der Waals surface area (Å²) in [6.45, 7) is 19.9. The number of aromatic nitrogens is 2. The Hall–Kier alpha value is -5.85. The molecular formula is C43H59ClN8O6. The third-order valence-electron chi connectivity index (χ3n) is 7.52. The molecule has 7 N–H and O–H groups in total. The lowest BCUT2D eigenvalue weighted by atomic mass is 10.0. The molecule has 0 unspecified atom stereocenters. The van der Waals surface area contributed by atoms with Crippen LogP contribution in [-0.4, -0.2) is 104 Å². The fourth-order valence-electron chi connectivity index (χ4n) is 4.45. The fourth-order valence-corrected chi connectivity index (χ4v) is 4.58. The molecule has 1 aromatic carbocycles. The summed E-state index contributed by atoms with van der Waals surface area (Å²) in [6.07, 6.45) is 10.7. The molecule has 0 saturated carbocycles. The number of ether oxygens (including phenoxy) is 2. The van der Waals surface area contributed by atoms with Crippen molar-refractivity contribution in [1.29, 1.82) is 5.41 Å². The SMILES string of the molecule is C=C/C=C(/CNC(=O)c1c(C#CCCCC=O)cccc1NC(=O)CNc1ncnc(N)c1C(=N)/C(C=C)=C/C(O)=C\C)C(=C)Cl.CC.COCCN(C)CCOC. The number of nitrogens with zero attached hydrogens (tertiary/aromatic N) is 3. The number of allylic oxidation sites excluding steroid dienone is 6. The van der Waals surface area contributed by atoms with Crippen molar-refractivity contribution in [2.75, 3.05) is 77.0 Å². The van der Waals surface area contributed by atoms with Crippen LogP contribution in [0, 0.1) is 17.3 Å². The zero-order valence-corrected chi connectivity index (χ0v) is 35.3. The maximum absolute atomic E-state index is 13.5. The van der Waals surface area contributed by atoms with E-state index in [0.29, 0.717) is 30.4 Å². The predicted molar refractivity (Wildman–Crippen MR) is 236 cm³/mol. The average molecular weight is 819 g/mol. The number of nitrogens with one attached hydrogen (secondary N) is 4. The second-order valence-corrected chi connectivity index (χ2v) is 12.1. The highest BCUT2D eigenvalue weighted by atomic mass is 35.5. The van der Waals surface area contributed by atoms with Gasteiger partial charge in [0.1, 0.15) is 30.0 Å². The van der Waals surface area contributed by atoms with Crippen molar-refractivity contribution in [1.82, 2.24) is 20.2 Å². The van der Waals surface area contributed by atoms with Crippen molar-refractivity contribution in [3.63, 3.8) is 0 Å². The molecule has 58 heavy (non-hydrogen) atoms. The smallest absolute Gasteiger partial charge is 0.254 e. The Balaban J connectivity index is 0.00000235. The number of aldehydes is 1. The highest BCUT2D eigenvalue weighted by Gasteiger charge is 2.20. The maximum Gasteiger partial charge on any atom is 0.254 e. The van der Waals surface area contributed by atoms with Gasteiger partial charge in [-0.3, -0.25) is 15.0 Å². The summed E-state index contributed by atoms with van der Waals surface area (Å²) in [6, 6.07) is 4.85. The minimum Gasteiger partial charge on any atom is -0.508 e. The number of aliphatic hydroxyl groups is 1. The van der Waals surface area contributed by atoms with Gasteiger partial charge in [0.05, 0.1) is 42.3 Å². The Kier molecular flexibility index (Phi) is 28.1. The van der Waals surface area contributed by atoms with Crippen molar-refractivity contribution >= 4 is 52.7 Å². The maximum atomic E-state index is 13.5. The number of hydrogen-bond acceptors (Lipinski definition) is 12. The van der Waals surface area contributed by atoms with Crippen molar-refractivity contribution < 1.29 is 29.0 Å². The molecule has 0 fully saturated rings. The molecule has 0 aliphatic heterocycles. The Bertz CT molecular complexity index is 1840. The van der Waals surface area contributed by atoms with E-state index in [9.17, 15) is 19.5 Å². The first-order chi connectivity index (χ1) is 27.9. The van der Waals surface area contributed by atoms with Gasteiger partial charge in [-0.05, 0) is 50.3 Å². The van der Waals surface area contributed by atoms with Gasteiger partial charge >= 0.3 is 0 Å². The summed E-state index contributed by atoms with van der Waals surface area (Å²) in [7, 11) is 5.48. The van der Waals surface area contributed by atoms with E-state index in [4.69, 9.17) is 32.2 Å². The molecule has 314 valence electrons. The number of likely N-dealkylation sites (N-methyl/N-ethyl adjacent to an activating group) is 1. The van der Waals surface area contributed by atoms with Gasteiger partial charge in [-0.15, -0.1) is 0 Å². The van der Waals surface area contributed by atoms with Crippen molar-refractivity contribution in [2.24, 2.45) is 0 Å². The number of carbonyl (C=O) groups excluding carboxylic acids is 3. The summed E-state index contributed by atoms with van der Waals surface area (Å²) in [5, 5.41) is 27.2. The number of hydrogen-bond donors (Lipinski definition) is 6. The molecule has 15 heteroatoms. The molecule has 1 aromatic heterocycles. The van der Waals surface area contributed by atoms with Crippen LogP contribution >= 0.6 is 11.6 Å². The van der Waals surface area contributed by atoms with E-state index in [1.165, 1.54) is 30.6 Å². The normalized spacial score (nSPS) is 11.0. The summed E-state index contributed by atoms with van der Waals surface area (Å²) < 4.78 is 9.82. The van der Waals surface area contributed by atoms with Gasteiger partial charge in [-0.25, -0.2) is 9.97 Å². The van der Waals surface area contributed by atoms with Crippen LogP contribution in [0.5, 0.6) is 0 Å². The van der Waals surface area contributed by atoms with E-state index >= 15 is 0 Å². The second-order valence-electron chi connectivity index (χ2n) is 11.7. The van der Waals surface area contributed by atoms with Crippen LogP contribution in [0.2, 0.25) is 0 Å². The van der Waals surface area contributed by atoms with E-state index in [-0.39, 0.29) is 63.6 Å². The first-order valence-corrected chi connectivity index (χ1v) is 18.9. The number of nitrogen functional groups attached to an aromatic ring is 1. The van der Waals surface area contributed by atoms with Gasteiger partial charge in [-0.2, -0.15) is 0 Å². The topological polar surface area (TPSA) is 205 Å². The highest BCUT2D eigenvalue weighted by molar-refractivity contribution is 6.31. The van der Waals surface area contributed by atoms with Crippen LogP contribution in [0.25, 0.3) is 0 Å². The quantitative estimate of drug-likeness (QED) is 0.0186. The number of methoxy groups -OCH3 is 2. The van der Waals surface area contributed by atoms with Crippen molar-refractivity contribution in [3.05, 3.63) is 113 Å². The largest absolute Gasteiger partial charge is 0.508 e. The van der Waals surface area contributed by atoms with E-state index < -0.39 is 11.8 Å². The van der Waals surface area contributed by atoms with Crippen LogP contribution in [0.4, 0.5) is 17.3 Å². The summed E-state index contributed by atoms with van der Waals surface area (Å²) in [5.41, 5.74) is 7.49. The monoisotopic (exact) mass is 818 g/mol. The summed E-state index contributed by atoms with van der Waals surface area (Å²) >= 11 is 6.05. The zero-order valence-electron chi connectivity index (χ0n) is 34.5. The van der Waals surface area contributed by atoms with Crippen LogP contribution in [0.1, 0.15) is 61.5 Å². The molecule has 0 spiro atoms. The Morgan fingerprint density at radius 3 is 2.34 bits per heavy atom. The Labute approximate surface area is 348 Å². The summed E-state index contributed by atoms with van der Waals surface area (Å²) in [4.78, 5) is 47.5. The molecule has 0 aliphatic carbocycles. The van der Waals surface area contributed by atoms with Gasteiger partial charge in [0.2, 0.25) is 5.91 Å². The van der Waals surface area contributed by atoms with E-state index in [0.717, 1.165) is 32.6 Å². The number of aliphatic hydroxyl groups excluding tert-OH is 1.